The highest BCUT2D eigenvalue weighted by atomic mass is 16.3. The summed E-state index contributed by atoms with van der Waals surface area (Å²) in [5, 5.41) is 10.1. The van der Waals surface area contributed by atoms with Crippen LogP contribution in [-0.2, 0) is 6.54 Å². The number of hydrogen-bond acceptors (Lipinski definition) is 4. The molecular weight excluding hydrogens is 178 g/mol. The average Bonchev–Trinajstić information content (AvgIpc) is 2.19. The molecule has 0 heterocycles. The van der Waals surface area contributed by atoms with Gasteiger partial charge in [-0.1, -0.05) is 30.3 Å². The minimum Gasteiger partial charge on any atom is -0.399 e. The van der Waals surface area contributed by atoms with Crippen molar-refractivity contribution in [1.82, 2.24) is 5.01 Å². The van der Waals surface area contributed by atoms with Crippen molar-refractivity contribution in [3.63, 3.8) is 0 Å². The highest BCUT2D eigenvalue weighted by Gasteiger charge is 1.96. The van der Waals surface area contributed by atoms with E-state index in [0.29, 0.717) is 12.2 Å². The van der Waals surface area contributed by atoms with Crippen LogP contribution in [0.25, 0.3) is 0 Å². The van der Waals surface area contributed by atoms with Crippen LogP contribution in [0.15, 0.2) is 42.2 Å². The predicted molar refractivity (Wildman–Crippen MR) is 55.5 cm³/mol. The van der Waals surface area contributed by atoms with Gasteiger partial charge in [-0.25, -0.2) is 5.84 Å². The molecule has 0 unspecified atom stereocenters. The van der Waals surface area contributed by atoms with Gasteiger partial charge in [0, 0.05) is 6.20 Å². The zero-order chi connectivity index (χ0) is 10.4. The Balaban J connectivity index is 2.53. The Kier molecular flexibility index (Phi) is 3.97. The molecule has 0 aromatic heterocycles. The van der Waals surface area contributed by atoms with Gasteiger partial charge in [0.1, 0.15) is 0 Å². The zero-order valence-corrected chi connectivity index (χ0v) is 7.93. The molecule has 0 saturated heterocycles. The van der Waals surface area contributed by atoms with Crippen molar-refractivity contribution in [2.75, 3.05) is 6.61 Å². The van der Waals surface area contributed by atoms with Gasteiger partial charge in [-0.3, -0.25) is 0 Å². The van der Waals surface area contributed by atoms with Gasteiger partial charge < -0.3 is 15.8 Å². The second-order valence-corrected chi connectivity index (χ2v) is 3.02. The molecule has 0 fully saturated rings. The van der Waals surface area contributed by atoms with E-state index >= 15 is 0 Å². The first-order valence-electron chi connectivity index (χ1n) is 4.34. The SMILES string of the molecule is N/C(=C\N(N)Cc1ccccc1)CO. The first-order valence-corrected chi connectivity index (χ1v) is 4.34. The number of aliphatic hydroxyl groups is 1. The molecule has 1 aromatic carbocycles. The molecule has 0 saturated carbocycles. The van der Waals surface area contributed by atoms with E-state index in [-0.39, 0.29) is 6.61 Å². The Bertz CT molecular complexity index is 297. The number of hydrazine groups is 1. The normalized spacial score (nSPS) is 11.4. The summed E-state index contributed by atoms with van der Waals surface area (Å²) in [4.78, 5) is 0. The summed E-state index contributed by atoms with van der Waals surface area (Å²) >= 11 is 0. The minimum absolute atomic E-state index is 0.178. The maximum atomic E-state index is 8.67. The van der Waals surface area contributed by atoms with Crippen molar-refractivity contribution in [3.05, 3.63) is 47.8 Å². The number of nitrogens with two attached hydrogens (primary N) is 2. The van der Waals surface area contributed by atoms with Crippen LogP contribution in [0, 0.1) is 0 Å². The van der Waals surface area contributed by atoms with Crippen molar-refractivity contribution in [2.45, 2.75) is 6.54 Å². The van der Waals surface area contributed by atoms with Gasteiger partial charge in [0.15, 0.2) is 0 Å². The molecule has 1 aromatic rings. The molecule has 0 aliphatic heterocycles. The highest BCUT2D eigenvalue weighted by Crippen LogP contribution is 2.01. The van der Waals surface area contributed by atoms with Crippen LogP contribution in [0.4, 0.5) is 0 Å². The fourth-order valence-corrected chi connectivity index (χ4v) is 1.09. The maximum absolute atomic E-state index is 8.67. The largest absolute Gasteiger partial charge is 0.399 e. The van der Waals surface area contributed by atoms with Crippen molar-refractivity contribution in [3.8, 4) is 0 Å². The Morgan fingerprint density at radius 1 is 1.36 bits per heavy atom. The monoisotopic (exact) mass is 193 g/mol. The predicted octanol–water partition coefficient (Wildman–Crippen LogP) is 0.155. The molecule has 14 heavy (non-hydrogen) atoms. The summed E-state index contributed by atoms with van der Waals surface area (Å²) in [6, 6.07) is 9.79. The quantitative estimate of drug-likeness (QED) is 0.470. The van der Waals surface area contributed by atoms with E-state index in [1.165, 1.54) is 11.2 Å². The third-order valence-corrected chi connectivity index (χ3v) is 1.72. The minimum atomic E-state index is -0.178. The van der Waals surface area contributed by atoms with Crippen molar-refractivity contribution >= 4 is 0 Å². The summed E-state index contributed by atoms with van der Waals surface area (Å²) in [5.41, 5.74) is 6.86. The van der Waals surface area contributed by atoms with E-state index in [1.54, 1.807) is 0 Å². The van der Waals surface area contributed by atoms with Crippen molar-refractivity contribution in [2.24, 2.45) is 11.6 Å². The first kappa shape index (κ1) is 10.6. The van der Waals surface area contributed by atoms with Crippen molar-refractivity contribution in [1.29, 1.82) is 0 Å². The lowest BCUT2D eigenvalue weighted by Crippen LogP contribution is -2.26. The van der Waals surface area contributed by atoms with E-state index in [2.05, 4.69) is 0 Å². The molecule has 0 aliphatic rings. The van der Waals surface area contributed by atoms with Crippen LogP contribution in [0.3, 0.4) is 0 Å². The molecule has 0 atom stereocenters. The number of aliphatic hydroxyl groups excluding tert-OH is 1. The lowest BCUT2D eigenvalue weighted by Gasteiger charge is -2.14. The number of hydrogen-bond donors (Lipinski definition) is 3. The van der Waals surface area contributed by atoms with Crippen LogP contribution in [0.1, 0.15) is 5.56 Å². The second kappa shape index (κ2) is 5.26. The van der Waals surface area contributed by atoms with E-state index in [4.69, 9.17) is 16.7 Å². The van der Waals surface area contributed by atoms with Gasteiger partial charge in [-0.2, -0.15) is 0 Å². The second-order valence-electron chi connectivity index (χ2n) is 3.02. The Labute approximate surface area is 83.4 Å². The van der Waals surface area contributed by atoms with Gasteiger partial charge in [-0.05, 0) is 5.56 Å². The molecule has 4 nitrogen and oxygen atoms in total. The van der Waals surface area contributed by atoms with E-state index in [0.717, 1.165) is 5.56 Å². The van der Waals surface area contributed by atoms with Crippen LogP contribution in [-0.4, -0.2) is 16.7 Å². The summed E-state index contributed by atoms with van der Waals surface area (Å²) in [7, 11) is 0. The van der Waals surface area contributed by atoms with Gasteiger partial charge in [0.2, 0.25) is 0 Å². The maximum Gasteiger partial charge on any atom is 0.0840 e. The third-order valence-electron chi connectivity index (χ3n) is 1.72. The number of rotatable bonds is 4. The van der Waals surface area contributed by atoms with Crippen LogP contribution in [0.5, 0.6) is 0 Å². The third kappa shape index (κ3) is 3.47. The molecular formula is C10H15N3O. The molecule has 1 rings (SSSR count). The Morgan fingerprint density at radius 2 is 2.00 bits per heavy atom. The highest BCUT2D eigenvalue weighted by molar-refractivity contribution is 5.14. The lowest BCUT2D eigenvalue weighted by atomic mass is 10.2. The van der Waals surface area contributed by atoms with Crippen LogP contribution < -0.4 is 11.6 Å². The van der Waals surface area contributed by atoms with E-state index in [9.17, 15) is 0 Å². The Morgan fingerprint density at radius 3 is 2.57 bits per heavy atom. The smallest absolute Gasteiger partial charge is 0.0840 e. The molecule has 0 bridgehead atoms. The van der Waals surface area contributed by atoms with E-state index < -0.39 is 0 Å². The fraction of sp³-hybridized carbons (Fsp3) is 0.200. The summed E-state index contributed by atoms with van der Waals surface area (Å²) in [5.74, 6) is 5.65. The molecule has 5 N–H and O–H groups in total. The van der Waals surface area contributed by atoms with Gasteiger partial charge >= 0.3 is 0 Å². The summed E-state index contributed by atoms with van der Waals surface area (Å²) < 4.78 is 0. The van der Waals surface area contributed by atoms with Gasteiger partial charge in [0.25, 0.3) is 0 Å². The molecule has 0 radical (unpaired) electrons. The van der Waals surface area contributed by atoms with Crippen LogP contribution >= 0.6 is 0 Å². The van der Waals surface area contributed by atoms with Crippen LogP contribution in [0.2, 0.25) is 0 Å². The fourth-order valence-electron chi connectivity index (χ4n) is 1.09. The Hall–Kier alpha value is -1.52. The lowest BCUT2D eigenvalue weighted by molar-refractivity contribution is 0.318. The van der Waals surface area contributed by atoms with Gasteiger partial charge in [-0.15, -0.1) is 0 Å². The topological polar surface area (TPSA) is 75.5 Å². The number of benzene rings is 1. The summed E-state index contributed by atoms with van der Waals surface area (Å²) in [6.07, 6.45) is 1.52. The van der Waals surface area contributed by atoms with E-state index in [1.807, 2.05) is 30.3 Å². The summed E-state index contributed by atoms with van der Waals surface area (Å²) in [6.45, 7) is 0.393. The standard InChI is InChI=1S/C10H15N3O/c11-10(8-14)7-13(12)6-9-4-2-1-3-5-9/h1-5,7,14H,6,8,11-12H2/b10-7-. The van der Waals surface area contributed by atoms with Crippen molar-refractivity contribution < 1.29 is 5.11 Å². The zero-order valence-electron chi connectivity index (χ0n) is 7.93. The first-order chi connectivity index (χ1) is 6.72. The molecule has 0 aliphatic carbocycles. The van der Waals surface area contributed by atoms with Gasteiger partial charge in [0.05, 0.1) is 18.8 Å². The molecule has 0 spiro atoms. The molecule has 0 amide bonds. The average molecular weight is 193 g/mol. The molecule has 4 heteroatoms. The molecule has 76 valence electrons. The number of nitrogens with zero attached hydrogens (tertiary/aromatic N) is 1.